The molecule has 3 nitrogen and oxygen atoms in total. The second-order valence-electron chi connectivity index (χ2n) is 6.64. The molecule has 0 amide bonds. The maximum absolute atomic E-state index is 12.0. The first-order valence-corrected chi connectivity index (χ1v) is 11.3. The Morgan fingerprint density at radius 3 is 2.14 bits per heavy atom. The molecule has 116 valence electrons. The van der Waals surface area contributed by atoms with Crippen molar-refractivity contribution in [1.82, 2.24) is 0 Å². The summed E-state index contributed by atoms with van der Waals surface area (Å²) in [5.74, 6) is 2.64. The summed E-state index contributed by atoms with van der Waals surface area (Å²) in [5, 5.41) is 2.43. The average Bonchev–Trinajstić information content (AvgIpc) is 2.34. The van der Waals surface area contributed by atoms with Gasteiger partial charge in [-0.15, -0.1) is 0 Å². The van der Waals surface area contributed by atoms with Crippen LogP contribution in [0.3, 0.4) is 0 Å². The van der Waals surface area contributed by atoms with Crippen LogP contribution in [0.25, 0.3) is 0 Å². The van der Waals surface area contributed by atoms with E-state index in [2.05, 4.69) is 45.0 Å². The lowest BCUT2D eigenvalue weighted by atomic mass is 10.2. The SMILES string of the molecule is Cc1ccc(S(=O)(=O)C#CCO[Si](C)(C)C(C)(C)C)cc1. The molecule has 0 unspecified atom stereocenters. The zero-order valence-electron chi connectivity index (χ0n) is 13.6. The summed E-state index contributed by atoms with van der Waals surface area (Å²) < 4.78 is 29.9. The maximum Gasteiger partial charge on any atom is 0.245 e. The van der Waals surface area contributed by atoms with E-state index < -0.39 is 18.2 Å². The van der Waals surface area contributed by atoms with E-state index >= 15 is 0 Å². The summed E-state index contributed by atoms with van der Waals surface area (Å²) in [5.41, 5.74) is 1.02. The molecule has 0 aliphatic rings. The quantitative estimate of drug-likeness (QED) is 0.483. The third-order valence-corrected chi connectivity index (χ3v) is 9.63. The lowest BCUT2D eigenvalue weighted by Gasteiger charge is -2.35. The standard InChI is InChI=1S/C16H24O3SSi/c1-14-8-10-15(11-9-14)20(17,18)13-7-12-19-21(5,6)16(2,3)4/h8-11H,12H2,1-6H3. The van der Waals surface area contributed by atoms with E-state index in [0.717, 1.165) is 5.56 Å². The van der Waals surface area contributed by atoms with Gasteiger partial charge in [0.15, 0.2) is 8.32 Å². The van der Waals surface area contributed by atoms with Crippen molar-refractivity contribution in [2.24, 2.45) is 0 Å². The van der Waals surface area contributed by atoms with Crippen molar-refractivity contribution < 1.29 is 12.8 Å². The molecule has 0 fully saturated rings. The molecule has 1 aromatic carbocycles. The predicted octanol–water partition coefficient (Wildman–Crippen LogP) is 3.75. The minimum atomic E-state index is -3.56. The summed E-state index contributed by atoms with van der Waals surface area (Å²) in [6.07, 6.45) is 0. The minimum Gasteiger partial charge on any atom is -0.406 e. The molecule has 0 saturated carbocycles. The average molecular weight is 325 g/mol. The third-order valence-electron chi connectivity index (χ3n) is 3.85. The van der Waals surface area contributed by atoms with E-state index in [1.807, 2.05) is 6.92 Å². The van der Waals surface area contributed by atoms with Crippen molar-refractivity contribution in [1.29, 1.82) is 0 Å². The molecule has 0 radical (unpaired) electrons. The van der Waals surface area contributed by atoms with Crippen LogP contribution in [-0.4, -0.2) is 23.3 Å². The van der Waals surface area contributed by atoms with Crippen molar-refractivity contribution in [2.75, 3.05) is 6.61 Å². The van der Waals surface area contributed by atoms with Crippen LogP contribution in [0.2, 0.25) is 18.1 Å². The van der Waals surface area contributed by atoms with Gasteiger partial charge in [-0.2, -0.15) is 0 Å². The zero-order chi connectivity index (χ0) is 16.3. The second kappa shape index (κ2) is 6.35. The number of hydrogen-bond acceptors (Lipinski definition) is 3. The van der Waals surface area contributed by atoms with Crippen LogP contribution in [0, 0.1) is 18.1 Å². The van der Waals surface area contributed by atoms with Gasteiger partial charge in [-0.1, -0.05) is 44.4 Å². The Kier molecular flexibility index (Phi) is 5.43. The molecule has 0 heterocycles. The van der Waals surface area contributed by atoms with Crippen molar-refractivity contribution in [3.8, 4) is 11.2 Å². The Morgan fingerprint density at radius 1 is 1.14 bits per heavy atom. The first kappa shape index (κ1) is 18.0. The molecule has 0 spiro atoms. The first-order valence-electron chi connectivity index (χ1n) is 6.91. The number of aryl methyl sites for hydroxylation is 1. The normalized spacial score (nSPS) is 12.7. The van der Waals surface area contributed by atoms with E-state index in [-0.39, 0.29) is 16.5 Å². The number of rotatable bonds is 3. The highest BCUT2D eigenvalue weighted by molar-refractivity contribution is 7.96. The van der Waals surface area contributed by atoms with Crippen LogP contribution in [0.15, 0.2) is 29.2 Å². The lowest BCUT2D eigenvalue weighted by Crippen LogP contribution is -2.40. The van der Waals surface area contributed by atoms with Crippen LogP contribution in [0.5, 0.6) is 0 Å². The molecule has 0 bridgehead atoms. The Balaban J connectivity index is 2.77. The van der Waals surface area contributed by atoms with Crippen LogP contribution >= 0.6 is 0 Å². The smallest absolute Gasteiger partial charge is 0.245 e. The summed E-state index contributed by atoms with van der Waals surface area (Å²) in [6, 6.07) is 6.68. The monoisotopic (exact) mass is 324 g/mol. The summed E-state index contributed by atoms with van der Waals surface area (Å²) in [4.78, 5) is 0.230. The van der Waals surface area contributed by atoms with Crippen LogP contribution < -0.4 is 0 Å². The van der Waals surface area contributed by atoms with Gasteiger partial charge in [-0.3, -0.25) is 0 Å². The summed E-state index contributed by atoms with van der Waals surface area (Å²) >= 11 is 0. The van der Waals surface area contributed by atoms with E-state index in [1.165, 1.54) is 0 Å². The second-order valence-corrected chi connectivity index (χ2v) is 13.1. The fourth-order valence-electron chi connectivity index (χ4n) is 1.33. The molecule has 0 N–H and O–H groups in total. The lowest BCUT2D eigenvalue weighted by molar-refractivity contribution is 0.334. The van der Waals surface area contributed by atoms with Crippen molar-refractivity contribution in [3.05, 3.63) is 29.8 Å². The molecule has 0 saturated heterocycles. The largest absolute Gasteiger partial charge is 0.406 e. The number of sulfone groups is 1. The Morgan fingerprint density at radius 2 is 1.67 bits per heavy atom. The highest BCUT2D eigenvalue weighted by Crippen LogP contribution is 2.36. The highest BCUT2D eigenvalue weighted by Gasteiger charge is 2.36. The van der Waals surface area contributed by atoms with E-state index in [1.54, 1.807) is 24.3 Å². The van der Waals surface area contributed by atoms with Gasteiger partial charge in [0, 0.05) is 5.25 Å². The number of benzene rings is 1. The Hall–Kier alpha value is -1.09. The number of hydrogen-bond donors (Lipinski definition) is 0. The topological polar surface area (TPSA) is 43.4 Å². The van der Waals surface area contributed by atoms with Crippen LogP contribution in [0.1, 0.15) is 26.3 Å². The van der Waals surface area contributed by atoms with E-state index in [9.17, 15) is 8.42 Å². The van der Waals surface area contributed by atoms with Crippen LogP contribution in [0.4, 0.5) is 0 Å². The molecular weight excluding hydrogens is 300 g/mol. The summed E-state index contributed by atoms with van der Waals surface area (Å²) in [7, 11) is -5.44. The van der Waals surface area contributed by atoms with Crippen molar-refractivity contribution >= 4 is 18.2 Å². The predicted molar refractivity (Wildman–Crippen MR) is 89.3 cm³/mol. The summed E-state index contributed by atoms with van der Waals surface area (Å²) in [6.45, 7) is 12.7. The molecule has 0 atom stereocenters. The highest BCUT2D eigenvalue weighted by atomic mass is 32.2. The van der Waals surface area contributed by atoms with Gasteiger partial charge in [0.05, 0.1) is 11.5 Å². The molecule has 21 heavy (non-hydrogen) atoms. The van der Waals surface area contributed by atoms with Gasteiger partial charge in [0.2, 0.25) is 9.84 Å². The molecule has 5 heteroatoms. The molecule has 0 aliphatic carbocycles. The van der Waals surface area contributed by atoms with Gasteiger partial charge < -0.3 is 4.43 Å². The van der Waals surface area contributed by atoms with Gasteiger partial charge in [0.25, 0.3) is 0 Å². The molecule has 1 rings (SSSR count). The minimum absolute atomic E-state index is 0.0878. The van der Waals surface area contributed by atoms with E-state index in [4.69, 9.17) is 4.43 Å². The van der Waals surface area contributed by atoms with Gasteiger partial charge >= 0.3 is 0 Å². The fraction of sp³-hybridized carbons (Fsp3) is 0.500. The van der Waals surface area contributed by atoms with E-state index in [0.29, 0.717) is 0 Å². The zero-order valence-corrected chi connectivity index (χ0v) is 15.5. The molecule has 0 aromatic heterocycles. The molecular formula is C16H24O3SSi. The third kappa shape index (κ3) is 4.99. The Bertz CT molecular complexity index is 641. The van der Waals surface area contributed by atoms with Crippen molar-refractivity contribution in [2.45, 2.75) is 50.7 Å². The van der Waals surface area contributed by atoms with Gasteiger partial charge in [-0.05, 0) is 37.2 Å². The van der Waals surface area contributed by atoms with Crippen LogP contribution in [-0.2, 0) is 14.3 Å². The maximum atomic E-state index is 12.0. The van der Waals surface area contributed by atoms with Crippen molar-refractivity contribution in [3.63, 3.8) is 0 Å². The van der Waals surface area contributed by atoms with Gasteiger partial charge in [-0.25, -0.2) is 8.42 Å². The van der Waals surface area contributed by atoms with Gasteiger partial charge in [0.1, 0.15) is 0 Å². The fourth-order valence-corrected chi connectivity index (χ4v) is 3.06. The Labute approximate surface area is 129 Å². The molecule has 1 aromatic rings. The first-order chi connectivity index (χ1) is 9.46. The molecule has 0 aliphatic heterocycles.